The lowest BCUT2D eigenvalue weighted by atomic mass is 10.3. The molecule has 2 heterocycles. The molecule has 14 heavy (non-hydrogen) atoms. The number of carbonyl (C=O) groups is 1. The van der Waals surface area contributed by atoms with Gasteiger partial charge >= 0.3 is 0 Å². The van der Waals surface area contributed by atoms with Crippen LogP contribution in [0.4, 0.5) is 0 Å². The van der Waals surface area contributed by atoms with Crippen molar-refractivity contribution >= 4 is 17.7 Å². The summed E-state index contributed by atoms with van der Waals surface area (Å²) < 4.78 is 0. The molecule has 0 radical (unpaired) electrons. The highest BCUT2D eigenvalue weighted by Crippen LogP contribution is 2.19. The molecule has 1 unspecified atom stereocenters. The van der Waals surface area contributed by atoms with Gasteiger partial charge in [0.2, 0.25) is 5.91 Å². The van der Waals surface area contributed by atoms with Gasteiger partial charge in [-0.15, -0.1) is 11.8 Å². The Kier molecular flexibility index (Phi) is 3.30. The normalized spacial score (nSPS) is 33.4. The molecule has 5 heteroatoms. The number of aliphatic hydroxyl groups excluding tert-OH is 1. The van der Waals surface area contributed by atoms with E-state index < -0.39 is 0 Å². The van der Waals surface area contributed by atoms with Crippen molar-refractivity contribution in [2.24, 2.45) is 0 Å². The molecule has 80 valence electrons. The maximum absolute atomic E-state index is 11.9. The highest BCUT2D eigenvalue weighted by Gasteiger charge is 2.30. The Morgan fingerprint density at radius 3 is 3.00 bits per heavy atom. The number of β-amino-alcohol motifs (C(OH)–C–C–N with tert-alkyl or cyclic N) is 1. The number of carbonyl (C=O) groups excluding carboxylic acids is 1. The summed E-state index contributed by atoms with van der Waals surface area (Å²) in [6, 6.07) is 0. The molecule has 2 fully saturated rings. The van der Waals surface area contributed by atoms with Crippen LogP contribution in [0.25, 0.3) is 0 Å². The number of amides is 1. The molecule has 1 amide bonds. The molecule has 2 aliphatic heterocycles. The first-order valence-corrected chi connectivity index (χ1v) is 6.11. The van der Waals surface area contributed by atoms with Gasteiger partial charge in [-0.05, 0) is 6.42 Å². The summed E-state index contributed by atoms with van der Waals surface area (Å²) in [5, 5.41) is 12.6. The quantitative estimate of drug-likeness (QED) is 0.608. The summed E-state index contributed by atoms with van der Waals surface area (Å²) in [6.07, 6.45) is 0.428. The van der Waals surface area contributed by atoms with E-state index in [1.54, 1.807) is 16.7 Å². The Morgan fingerprint density at radius 2 is 2.43 bits per heavy atom. The highest BCUT2D eigenvalue weighted by atomic mass is 32.2. The lowest BCUT2D eigenvalue weighted by molar-refractivity contribution is -0.129. The smallest absolute Gasteiger partial charge is 0.237 e. The van der Waals surface area contributed by atoms with E-state index in [0.29, 0.717) is 6.54 Å². The van der Waals surface area contributed by atoms with Crippen LogP contribution in [0.3, 0.4) is 0 Å². The van der Waals surface area contributed by atoms with Crippen LogP contribution in [-0.2, 0) is 4.79 Å². The maximum Gasteiger partial charge on any atom is 0.237 e. The van der Waals surface area contributed by atoms with Gasteiger partial charge in [0.25, 0.3) is 0 Å². The van der Waals surface area contributed by atoms with Crippen LogP contribution in [0.5, 0.6) is 0 Å². The first kappa shape index (κ1) is 10.3. The van der Waals surface area contributed by atoms with Crippen molar-refractivity contribution in [1.82, 2.24) is 10.2 Å². The van der Waals surface area contributed by atoms with Gasteiger partial charge in [0.15, 0.2) is 0 Å². The van der Waals surface area contributed by atoms with E-state index >= 15 is 0 Å². The van der Waals surface area contributed by atoms with Crippen molar-refractivity contribution in [2.45, 2.75) is 17.8 Å². The molecule has 0 spiro atoms. The molecule has 2 aliphatic rings. The Morgan fingerprint density at radius 1 is 1.57 bits per heavy atom. The van der Waals surface area contributed by atoms with Crippen LogP contribution < -0.4 is 5.32 Å². The zero-order valence-electron chi connectivity index (χ0n) is 8.11. The summed E-state index contributed by atoms with van der Waals surface area (Å²) in [6.45, 7) is 3.01. The third-order valence-electron chi connectivity index (χ3n) is 2.68. The van der Waals surface area contributed by atoms with Crippen molar-refractivity contribution < 1.29 is 9.90 Å². The minimum Gasteiger partial charge on any atom is -0.391 e. The Balaban J connectivity index is 1.87. The number of thioether (sulfide) groups is 1. The molecule has 0 aromatic heterocycles. The van der Waals surface area contributed by atoms with Gasteiger partial charge in [0.1, 0.15) is 0 Å². The predicted octanol–water partition coefficient (Wildman–Crippen LogP) is -0.715. The molecular formula is C9H16N2O2S. The van der Waals surface area contributed by atoms with Gasteiger partial charge in [-0.3, -0.25) is 4.79 Å². The topological polar surface area (TPSA) is 52.6 Å². The van der Waals surface area contributed by atoms with Crippen molar-refractivity contribution in [3.63, 3.8) is 0 Å². The minimum absolute atomic E-state index is 0.0639. The fourth-order valence-electron chi connectivity index (χ4n) is 1.87. The Bertz CT molecular complexity index is 212. The lowest BCUT2D eigenvalue weighted by Crippen LogP contribution is -2.44. The van der Waals surface area contributed by atoms with Gasteiger partial charge < -0.3 is 15.3 Å². The van der Waals surface area contributed by atoms with Crippen molar-refractivity contribution in [3.8, 4) is 0 Å². The average Bonchev–Trinajstić information content (AvgIpc) is 2.65. The van der Waals surface area contributed by atoms with E-state index in [-0.39, 0.29) is 17.3 Å². The summed E-state index contributed by atoms with van der Waals surface area (Å²) in [7, 11) is 0. The van der Waals surface area contributed by atoms with Gasteiger partial charge in [-0.25, -0.2) is 0 Å². The summed E-state index contributed by atoms with van der Waals surface area (Å²) in [5.74, 6) is 1.20. The molecule has 0 bridgehead atoms. The standard InChI is InChI=1S/C9H16N2O2S/c12-7-1-3-11(6-7)9(13)8-5-10-2-4-14-8/h7-8,10,12H,1-6H2/t7-,8?/m0/s1. The lowest BCUT2D eigenvalue weighted by Gasteiger charge is -2.26. The minimum atomic E-state index is -0.305. The molecular weight excluding hydrogens is 200 g/mol. The van der Waals surface area contributed by atoms with Gasteiger partial charge in [0, 0.05) is 31.9 Å². The van der Waals surface area contributed by atoms with Crippen LogP contribution in [0, 0.1) is 0 Å². The average molecular weight is 216 g/mol. The fourth-order valence-corrected chi connectivity index (χ4v) is 2.94. The summed E-state index contributed by atoms with van der Waals surface area (Å²) in [4.78, 5) is 13.7. The van der Waals surface area contributed by atoms with E-state index in [0.717, 1.165) is 31.8 Å². The Labute approximate surface area is 88.0 Å². The zero-order valence-corrected chi connectivity index (χ0v) is 8.92. The van der Waals surface area contributed by atoms with E-state index in [4.69, 9.17) is 0 Å². The number of aliphatic hydroxyl groups is 1. The second kappa shape index (κ2) is 4.51. The molecule has 2 saturated heterocycles. The van der Waals surface area contributed by atoms with Crippen LogP contribution in [0.15, 0.2) is 0 Å². The predicted molar refractivity (Wildman–Crippen MR) is 56.3 cm³/mol. The molecule has 4 nitrogen and oxygen atoms in total. The van der Waals surface area contributed by atoms with Gasteiger partial charge in [0.05, 0.1) is 11.4 Å². The number of hydrogen-bond acceptors (Lipinski definition) is 4. The second-order valence-electron chi connectivity index (χ2n) is 3.79. The third-order valence-corrected chi connectivity index (χ3v) is 3.89. The second-order valence-corrected chi connectivity index (χ2v) is 5.10. The summed E-state index contributed by atoms with van der Waals surface area (Å²) >= 11 is 1.72. The SMILES string of the molecule is O=C(C1CNCCS1)N1CC[C@H](O)C1. The van der Waals surface area contributed by atoms with Crippen LogP contribution in [-0.4, -0.2) is 59.2 Å². The van der Waals surface area contributed by atoms with Crippen LogP contribution in [0.1, 0.15) is 6.42 Å². The fraction of sp³-hybridized carbons (Fsp3) is 0.889. The summed E-state index contributed by atoms with van der Waals surface area (Å²) in [5.41, 5.74) is 0. The number of hydrogen-bond donors (Lipinski definition) is 2. The number of likely N-dealkylation sites (tertiary alicyclic amines) is 1. The monoisotopic (exact) mass is 216 g/mol. The first-order valence-electron chi connectivity index (χ1n) is 5.06. The maximum atomic E-state index is 11.9. The first-order chi connectivity index (χ1) is 6.77. The Hall–Kier alpha value is -0.260. The number of nitrogens with zero attached hydrogens (tertiary/aromatic N) is 1. The largest absolute Gasteiger partial charge is 0.391 e. The molecule has 0 aliphatic carbocycles. The molecule has 0 saturated carbocycles. The molecule has 0 aromatic carbocycles. The zero-order chi connectivity index (χ0) is 9.97. The van der Waals surface area contributed by atoms with Crippen LogP contribution >= 0.6 is 11.8 Å². The highest BCUT2D eigenvalue weighted by molar-refractivity contribution is 8.00. The molecule has 2 rings (SSSR count). The molecule has 2 atom stereocenters. The molecule has 0 aromatic rings. The van der Waals surface area contributed by atoms with E-state index in [2.05, 4.69) is 5.32 Å². The van der Waals surface area contributed by atoms with Crippen molar-refractivity contribution in [1.29, 1.82) is 0 Å². The molecule has 2 N–H and O–H groups in total. The van der Waals surface area contributed by atoms with Gasteiger partial charge in [-0.2, -0.15) is 0 Å². The number of rotatable bonds is 1. The van der Waals surface area contributed by atoms with Gasteiger partial charge in [-0.1, -0.05) is 0 Å². The van der Waals surface area contributed by atoms with E-state index in [1.165, 1.54) is 0 Å². The van der Waals surface area contributed by atoms with Crippen molar-refractivity contribution in [3.05, 3.63) is 0 Å². The third kappa shape index (κ3) is 2.21. The van der Waals surface area contributed by atoms with Crippen LogP contribution in [0.2, 0.25) is 0 Å². The van der Waals surface area contributed by atoms with Crippen molar-refractivity contribution in [2.75, 3.05) is 31.9 Å². The van der Waals surface area contributed by atoms with E-state index in [9.17, 15) is 9.90 Å². The van der Waals surface area contributed by atoms with E-state index in [1.807, 2.05) is 0 Å². The number of nitrogens with one attached hydrogen (secondary N) is 1.